The van der Waals surface area contributed by atoms with Crippen LogP contribution in [0.25, 0.3) is 0 Å². The van der Waals surface area contributed by atoms with E-state index in [1.54, 1.807) is 0 Å². The molecule has 84 valence electrons. The molecule has 0 N–H and O–H groups in total. The standard InChI is InChI=1S/C11H22BrNO/c1-9-5-13(6-10(2)14-9)8-11(3,4)7-12/h9-10H,5-8H2,1-4H3. The second-order valence-corrected chi connectivity index (χ2v) is 5.81. The zero-order valence-corrected chi connectivity index (χ0v) is 11.3. The Hall–Kier alpha value is 0.400. The molecule has 3 heteroatoms. The van der Waals surface area contributed by atoms with Crippen LogP contribution < -0.4 is 0 Å². The molecule has 0 aromatic heterocycles. The number of ether oxygens (including phenoxy) is 1. The number of hydrogen-bond acceptors (Lipinski definition) is 2. The highest BCUT2D eigenvalue weighted by atomic mass is 79.9. The number of morpholine rings is 1. The van der Waals surface area contributed by atoms with E-state index in [9.17, 15) is 0 Å². The first kappa shape index (κ1) is 12.5. The molecule has 2 unspecified atom stereocenters. The Morgan fingerprint density at radius 3 is 2.21 bits per heavy atom. The van der Waals surface area contributed by atoms with Crippen LogP contribution in [0.1, 0.15) is 27.7 Å². The third kappa shape index (κ3) is 3.87. The second-order valence-electron chi connectivity index (χ2n) is 5.25. The van der Waals surface area contributed by atoms with E-state index in [1.165, 1.54) is 0 Å². The van der Waals surface area contributed by atoms with Crippen molar-refractivity contribution in [3.05, 3.63) is 0 Å². The summed E-state index contributed by atoms with van der Waals surface area (Å²) < 4.78 is 5.71. The molecular formula is C11H22BrNO. The summed E-state index contributed by atoms with van der Waals surface area (Å²) >= 11 is 3.57. The average molecular weight is 264 g/mol. The van der Waals surface area contributed by atoms with Crippen molar-refractivity contribution in [3.8, 4) is 0 Å². The quantitative estimate of drug-likeness (QED) is 0.726. The Labute approximate surface area is 96.1 Å². The molecule has 1 aliphatic heterocycles. The summed E-state index contributed by atoms with van der Waals surface area (Å²) in [6.07, 6.45) is 0.759. The summed E-state index contributed by atoms with van der Waals surface area (Å²) in [4.78, 5) is 2.51. The van der Waals surface area contributed by atoms with Crippen LogP contribution in [0.3, 0.4) is 0 Å². The fourth-order valence-electron chi connectivity index (χ4n) is 2.06. The lowest BCUT2D eigenvalue weighted by Gasteiger charge is -2.39. The molecule has 1 heterocycles. The fourth-order valence-corrected chi connectivity index (χ4v) is 2.24. The van der Waals surface area contributed by atoms with Gasteiger partial charge in [0, 0.05) is 25.0 Å². The molecule has 1 rings (SSSR count). The van der Waals surface area contributed by atoms with Gasteiger partial charge < -0.3 is 4.74 Å². The Morgan fingerprint density at radius 1 is 1.29 bits per heavy atom. The van der Waals surface area contributed by atoms with Gasteiger partial charge in [0.05, 0.1) is 12.2 Å². The van der Waals surface area contributed by atoms with E-state index in [-0.39, 0.29) is 0 Å². The summed E-state index contributed by atoms with van der Waals surface area (Å²) in [6.45, 7) is 12.2. The van der Waals surface area contributed by atoms with Crippen molar-refractivity contribution in [2.45, 2.75) is 39.9 Å². The van der Waals surface area contributed by atoms with E-state index >= 15 is 0 Å². The fraction of sp³-hybridized carbons (Fsp3) is 1.00. The lowest BCUT2D eigenvalue weighted by molar-refractivity contribution is -0.0744. The molecule has 2 nitrogen and oxygen atoms in total. The molecule has 1 saturated heterocycles. The number of halogens is 1. The summed E-state index contributed by atoms with van der Waals surface area (Å²) in [5.41, 5.74) is 0.358. The maximum atomic E-state index is 5.71. The van der Waals surface area contributed by atoms with Gasteiger partial charge in [-0.2, -0.15) is 0 Å². The predicted molar refractivity (Wildman–Crippen MR) is 64.0 cm³/mol. The molecule has 1 fully saturated rings. The predicted octanol–water partition coefficient (Wildman–Crippen LogP) is 2.52. The van der Waals surface area contributed by atoms with Gasteiger partial charge in [-0.25, -0.2) is 0 Å². The molecule has 14 heavy (non-hydrogen) atoms. The normalized spacial score (nSPS) is 30.6. The van der Waals surface area contributed by atoms with Crippen molar-refractivity contribution in [3.63, 3.8) is 0 Å². The molecule has 0 aromatic rings. The Kier molecular flexibility index (Phi) is 4.41. The first-order valence-corrected chi connectivity index (χ1v) is 6.49. The molecule has 0 amide bonds. The van der Waals surface area contributed by atoms with Crippen LogP contribution in [0.5, 0.6) is 0 Å². The van der Waals surface area contributed by atoms with Crippen LogP contribution in [0.2, 0.25) is 0 Å². The minimum Gasteiger partial charge on any atom is -0.373 e. The number of alkyl halides is 1. The van der Waals surface area contributed by atoms with E-state index < -0.39 is 0 Å². The minimum atomic E-state index is 0.358. The van der Waals surface area contributed by atoms with Crippen LogP contribution >= 0.6 is 15.9 Å². The molecule has 1 aliphatic rings. The number of rotatable bonds is 3. The Morgan fingerprint density at radius 2 is 1.79 bits per heavy atom. The van der Waals surface area contributed by atoms with Gasteiger partial charge in [0.1, 0.15) is 0 Å². The lowest BCUT2D eigenvalue weighted by Crippen LogP contribution is -2.48. The Balaban J connectivity index is 2.44. The first-order chi connectivity index (χ1) is 6.43. The van der Waals surface area contributed by atoms with E-state index in [0.29, 0.717) is 17.6 Å². The molecule has 2 atom stereocenters. The summed E-state index contributed by atoms with van der Waals surface area (Å²) in [7, 11) is 0. The number of hydrogen-bond donors (Lipinski definition) is 0. The summed E-state index contributed by atoms with van der Waals surface area (Å²) in [6, 6.07) is 0. The molecule has 0 aliphatic carbocycles. The molecule has 0 saturated carbocycles. The smallest absolute Gasteiger partial charge is 0.0678 e. The minimum absolute atomic E-state index is 0.358. The first-order valence-electron chi connectivity index (χ1n) is 5.37. The van der Waals surface area contributed by atoms with Crippen molar-refractivity contribution in [1.82, 2.24) is 4.90 Å². The highest BCUT2D eigenvalue weighted by molar-refractivity contribution is 9.09. The second kappa shape index (κ2) is 4.95. The third-order valence-corrected chi connectivity index (χ3v) is 4.03. The highest BCUT2D eigenvalue weighted by Crippen LogP contribution is 2.22. The van der Waals surface area contributed by atoms with Gasteiger partial charge >= 0.3 is 0 Å². The van der Waals surface area contributed by atoms with Gasteiger partial charge in [0.25, 0.3) is 0 Å². The third-order valence-electron chi connectivity index (χ3n) is 2.51. The van der Waals surface area contributed by atoms with Gasteiger partial charge in [0.15, 0.2) is 0 Å². The van der Waals surface area contributed by atoms with Crippen molar-refractivity contribution in [2.24, 2.45) is 5.41 Å². The number of nitrogens with zero attached hydrogens (tertiary/aromatic N) is 1. The van der Waals surface area contributed by atoms with E-state index in [4.69, 9.17) is 4.74 Å². The van der Waals surface area contributed by atoms with Crippen LogP contribution in [0.4, 0.5) is 0 Å². The molecule has 0 spiro atoms. The van der Waals surface area contributed by atoms with Crippen LogP contribution in [-0.2, 0) is 4.74 Å². The van der Waals surface area contributed by atoms with Crippen molar-refractivity contribution in [1.29, 1.82) is 0 Å². The molecule has 0 bridgehead atoms. The molecule has 0 aromatic carbocycles. The maximum Gasteiger partial charge on any atom is 0.0678 e. The topological polar surface area (TPSA) is 12.5 Å². The maximum absolute atomic E-state index is 5.71. The van der Waals surface area contributed by atoms with Crippen molar-refractivity contribution in [2.75, 3.05) is 25.0 Å². The monoisotopic (exact) mass is 263 g/mol. The van der Waals surface area contributed by atoms with Gasteiger partial charge in [-0.05, 0) is 19.3 Å². The SMILES string of the molecule is CC1CN(CC(C)(C)CBr)CC(C)O1. The summed E-state index contributed by atoms with van der Waals surface area (Å²) in [5.74, 6) is 0. The summed E-state index contributed by atoms with van der Waals surface area (Å²) in [5, 5.41) is 1.06. The zero-order chi connectivity index (χ0) is 10.8. The van der Waals surface area contributed by atoms with Crippen LogP contribution in [0.15, 0.2) is 0 Å². The van der Waals surface area contributed by atoms with Crippen LogP contribution in [-0.4, -0.2) is 42.1 Å². The zero-order valence-electron chi connectivity index (χ0n) is 9.72. The van der Waals surface area contributed by atoms with Gasteiger partial charge in [-0.1, -0.05) is 29.8 Å². The van der Waals surface area contributed by atoms with E-state index in [1.807, 2.05) is 0 Å². The van der Waals surface area contributed by atoms with E-state index in [0.717, 1.165) is 25.0 Å². The van der Waals surface area contributed by atoms with Crippen molar-refractivity contribution >= 4 is 15.9 Å². The Bertz CT molecular complexity index is 174. The lowest BCUT2D eigenvalue weighted by atomic mass is 9.95. The molecule has 0 radical (unpaired) electrons. The van der Waals surface area contributed by atoms with Gasteiger partial charge in [-0.15, -0.1) is 0 Å². The van der Waals surface area contributed by atoms with Crippen molar-refractivity contribution < 1.29 is 4.74 Å². The highest BCUT2D eigenvalue weighted by Gasteiger charge is 2.27. The van der Waals surface area contributed by atoms with E-state index in [2.05, 4.69) is 48.5 Å². The average Bonchev–Trinajstić information content (AvgIpc) is 2.01. The van der Waals surface area contributed by atoms with Gasteiger partial charge in [0.2, 0.25) is 0 Å². The molecular weight excluding hydrogens is 242 g/mol. The van der Waals surface area contributed by atoms with Gasteiger partial charge in [-0.3, -0.25) is 4.90 Å². The van der Waals surface area contributed by atoms with Crippen LogP contribution in [0, 0.1) is 5.41 Å². The largest absolute Gasteiger partial charge is 0.373 e.